The van der Waals surface area contributed by atoms with Crippen LogP contribution in [0.5, 0.6) is 0 Å². The van der Waals surface area contributed by atoms with E-state index in [4.69, 9.17) is 19.3 Å². The van der Waals surface area contributed by atoms with Crippen molar-refractivity contribution in [2.75, 3.05) is 39.5 Å². The number of unbranched alkanes of at least 4 members (excludes halogenated alkanes) is 24. The average molecular weight is 711 g/mol. The first-order chi connectivity index (χ1) is 24.5. The number of alkyl carbamates (subject to hydrolysis) is 1. The topological polar surface area (TPSA) is 114 Å². The highest BCUT2D eigenvalue weighted by atomic mass is 16.6. The van der Waals surface area contributed by atoms with Gasteiger partial charge in [-0.1, -0.05) is 168 Å². The van der Waals surface area contributed by atoms with Gasteiger partial charge in [-0.15, -0.1) is 0 Å². The van der Waals surface area contributed by atoms with Crippen molar-refractivity contribution in [3.05, 3.63) is 0 Å². The SMILES string of the molecule is CCCCCCCCCCCCCCCC(=O)OCC(COC(=O)NC1CN(CCO)C1)OC(=O)CCCCCCCCCCCCCCC. The Hall–Kier alpha value is -1.87. The summed E-state index contributed by atoms with van der Waals surface area (Å²) in [7, 11) is 0. The Labute approximate surface area is 306 Å². The molecule has 50 heavy (non-hydrogen) atoms. The van der Waals surface area contributed by atoms with Crippen molar-refractivity contribution in [2.24, 2.45) is 0 Å². The van der Waals surface area contributed by atoms with Gasteiger partial charge in [0, 0.05) is 32.5 Å². The summed E-state index contributed by atoms with van der Waals surface area (Å²) in [4.78, 5) is 39.5. The molecule has 1 aliphatic heterocycles. The molecule has 1 saturated heterocycles. The Kier molecular flexibility index (Phi) is 31.6. The molecule has 0 aromatic heterocycles. The first-order valence-corrected chi connectivity index (χ1v) is 21.1. The summed E-state index contributed by atoms with van der Waals surface area (Å²) < 4.78 is 16.4. The van der Waals surface area contributed by atoms with Crippen LogP contribution in [0, 0.1) is 0 Å². The van der Waals surface area contributed by atoms with Crippen molar-refractivity contribution in [2.45, 2.75) is 206 Å². The van der Waals surface area contributed by atoms with Gasteiger partial charge >= 0.3 is 18.0 Å². The van der Waals surface area contributed by atoms with Gasteiger partial charge in [0.2, 0.25) is 0 Å². The summed E-state index contributed by atoms with van der Waals surface area (Å²) in [5.74, 6) is -0.665. The lowest BCUT2D eigenvalue weighted by Gasteiger charge is -2.38. The maximum atomic E-state index is 12.6. The maximum Gasteiger partial charge on any atom is 0.407 e. The first kappa shape index (κ1) is 46.2. The molecule has 0 aromatic rings. The number of hydrogen-bond donors (Lipinski definition) is 2. The van der Waals surface area contributed by atoms with Crippen molar-refractivity contribution in [1.29, 1.82) is 0 Å². The van der Waals surface area contributed by atoms with Crippen LogP contribution in [0.1, 0.15) is 194 Å². The van der Waals surface area contributed by atoms with Crippen molar-refractivity contribution >= 4 is 18.0 Å². The van der Waals surface area contributed by atoms with Crippen LogP contribution in [0.25, 0.3) is 0 Å². The monoisotopic (exact) mass is 711 g/mol. The van der Waals surface area contributed by atoms with Gasteiger partial charge in [-0.25, -0.2) is 4.79 Å². The van der Waals surface area contributed by atoms with Gasteiger partial charge in [-0.3, -0.25) is 14.5 Å². The predicted octanol–water partition coefficient (Wildman–Crippen LogP) is 9.81. The van der Waals surface area contributed by atoms with E-state index in [0.717, 1.165) is 38.5 Å². The highest BCUT2D eigenvalue weighted by Gasteiger charge is 2.28. The van der Waals surface area contributed by atoms with Crippen LogP contribution >= 0.6 is 0 Å². The van der Waals surface area contributed by atoms with E-state index >= 15 is 0 Å². The molecule has 0 aliphatic carbocycles. The minimum Gasteiger partial charge on any atom is -0.462 e. The quantitative estimate of drug-likeness (QED) is 0.0375. The molecule has 2 N–H and O–H groups in total. The molecule has 9 nitrogen and oxygen atoms in total. The third-order valence-corrected chi connectivity index (χ3v) is 9.79. The van der Waals surface area contributed by atoms with E-state index in [1.165, 1.54) is 128 Å². The Morgan fingerprint density at radius 1 is 0.580 bits per heavy atom. The van der Waals surface area contributed by atoms with Crippen molar-refractivity contribution < 1.29 is 33.7 Å². The lowest BCUT2D eigenvalue weighted by molar-refractivity contribution is -0.161. The molecule has 0 aromatic carbocycles. The second kappa shape index (κ2) is 34.2. The fraction of sp³-hybridized carbons (Fsp3) is 0.927. The molecule has 294 valence electrons. The first-order valence-electron chi connectivity index (χ1n) is 21.1. The molecule has 0 radical (unpaired) electrons. The molecule has 0 spiro atoms. The summed E-state index contributed by atoms with van der Waals surface area (Å²) >= 11 is 0. The van der Waals surface area contributed by atoms with E-state index in [1.807, 2.05) is 4.90 Å². The number of ether oxygens (including phenoxy) is 3. The summed E-state index contributed by atoms with van der Waals surface area (Å²) in [6, 6.07) is -0.0382. The largest absolute Gasteiger partial charge is 0.462 e. The highest BCUT2D eigenvalue weighted by molar-refractivity contribution is 5.70. The van der Waals surface area contributed by atoms with Crippen LogP contribution in [0.15, 0.2) is 0 Å². The second-order valence-electron chi connectivity index (χ2n) is 14.7. The average Bonchev–Trinajstić information content (AvgIpc) is 3.09. The van der Waals surface area contributed by atoms with E-state index in [-0.39, 0.29) is 37.8 Å². The van der Waals surface area contributed by atoms with Crippen molar-refractivity contribution in [3.8, 4) is 0 Å². The fourth-order valence-electron chi connectivity index (χ4n) is 6.56. The number of carbonyl (C=O) groups is 3. The zero-order valence-corrected chi connectivity index (χ0v) is 32.5. The number of hydrogen-bond acceptors (Lipinski definition) is 8. The zero-order valence-electron chi connectivity index (χ0n) is 32.5. The molecule has 1 fully saturated rings. The standard InChI is InChI=1S/C41H78N2O7/c1-3-5-7-9-11-13-15-17-19-21-23-25-27-29-39(45)48-35-38(36-49-41(47)42-37-33-43(34-37)31-32-44)50-40(46)30-28-26-24-22-20-18-16-14-12-10-8-6-4-2/h37-38,44H,3-36H2,1-2H3,(H,42,47). The number of aliphatic hydroxyl groups is 1. The molecular weight excluding hydrogens is 632 g/mol. The summed E-state index contributed by atoms with van der Waals surface area (Å²) in [5.41, 5.74) is 0. The van der Waals surface area contributed by atoms with Crippen molar-refractivity contribution in [3.63, 3.8) is 0 Å². The molecule has 1 rings (SSSR count). The van der Waals surface area contributed by atoms with Crippen LogP contribution in [0.4, 0.5) is 4.79 Å². The normalized spacial score (nSPS) is 13.9. The summed E-state index contributed by atoms with van der Waals surface area (Å²) in [6.07, 6.45) is 31.4. The van der Waals surface area contributed by atoms with E-state index in [1.54, 1.807) is 0 Å². The fourth-order valence-corrected chi connectivity index (χ4v) is 6.56. The van der Waals surface area contributed by atoms with E-state index in [2.05, 4.69) is 19.2 Å². The Morgan fingerprint density at radius 2 is 0.960 bits per heavy atom. The van der Waals surface area contributed by atoms with Gasteiger partial charge in [-0.05, 0) is 12.8 Å². The highest BCUT2D eigenvalue weighted by Crippen LogP contribution is 2.15. The number of nitrogens with zero attached hydrogens (tertiary/aromatic N) is 1. The number of carbonyl (C=O) groups excluding carboxylic acids is 3. The summed E-state index contributed by atoms with van der Waals surface area (Å²) in [5, 5.41) is 11.8. The molecule has 1 atom stereocenters. The number of nitrogens with one attached hydrogen (secondary N) is 1. The van der Waals surface area contributed by atoms with Crippen LogP contribution in [0.2, 0.25) is 0 Å². The van der Waals surface area contributed by atoms with Gasteiger partial charge < -0.3 is 24.6 Å². The minimum absolute atomic E-state index is 0.0382. The molecule has 1 aliphatic rings. The number of aliphatic hydroxyl groups excluding tert-OH is 1. The Balaban J connectivity index is 2.24. The van der Waals surface area contributed by atoms with Crippen molar-refractivity contribution in [1.82, 2.24) is 10.2 Å². The molecular formula is C41H78N2O7. The molecule has 0 saturated carbocycles. The molecule has 9 heteroatoms. The van der Waals surface area contributed by atoms with Crippen LogP contribution in [-0.4, -0.2) is 79.6 Å². The predicted molar refractivity (Wildman–Crippen MR) is 203 cm³/mol. The smallest absolute Gasteiger partial charge is 0.407 e. The van der Waals surface area contributed by atoms with Gasteiger partial charge in [0.15, 0.2) is 6.10 Å². The molecule has 0 bridgehead atoms. The van der Waals surface area contributed by atoms with Crippen LogP contribution in [0.3, 0.4) is 0 Å². The van der Waals surface area contributed by atoms with E-state index < -0.39 is 12.2 Å². The lowest BCUT2D eigenvalue weighted by atomic mass is 10.0. The van der Waals surface area contributed by atoms with Gasteiger partial charge in [0.1, 0.15) is 13.2 Å². The number of β-amino-alcohol motifs (C(OH)–C–C–N with tert-alkyl or cyclic N) is 1. The second-order valence-corrected chi connectivity index (χ2v) is 14.7. The Bertz CT molecular complexity index is 806. The number of esters is 2. The number of amides is 1. The number of rotatable bonds is 36. The van der Waals surface area contributed by atoms with E-state index in [0.29, 0.717) is 32.5 Å². The van der Waals surface area contributed by atoms with Gasteiger partial charge in [-0.2, -0.15) is 0 Å². The van der Waals surface area contributed by atoms with E-state index in [9.17, 15) is 14.4 Å². The van der Waals surface area contributed by atoms with Crippen LogP contribution < -0.4 is 5.32 Å². The zero-order chi connectivity index (χ0) is 36.3. The van der Waals surface area contributed by atoms with Gasteiger partial charge in [0.05, 0.1) is 12.6 Å². The van der Waals surface area contributed by atoms with Crippen LogP contribution in [-0.2, 0) is 23.8 Å². The third-order valence-electron chi connectivity index (χ3n) is 9.79. The lowest BCUT2D eigenvalue weighted by Crippen LogP contribution is -2.59. The number of likely N-dealkylation sites (tertiary alicyclic amines) is 1. The molecule has 1 heterocycles. The summed E-state index contributed by atoms with van der Waals surface area (Å²) in [6.45, 7) is 6.19. The molecule has 1 amide bonds. The third kappa shape index (κ3) is 28.8. The minimum atomic E-state index is -0.835. The van der Waals surface area contributed by atoms with Gasteiger partial charge in [0.25, 0.3) is 0 Å². The molecule has 1 unspecified atom stereocenters. The maximum absolute atomic E-state index is 12.6. The Morgan fingerprint density at radius 3 is 1.38 bits per heavy atom.